The number of nitrogens with one attached hydrogen (secondary N) is 2. The van der Waals surface area contributed by atoms with Gasteiger partial charge in [-0.25, -0.2) is 9.98 Å². The molecule has 1 aromatic heterocycles. The lowest BCUT2D eigenvalue weighted by atomic mass is 10.2. The number of rotatable bonds is 8. The molecule has 8 nitrogen and oxygen atoms in total. The summed E-state index contributed by atoms with van der Waals surface area (Å²) in [5, 5.41) is 6.13. The number of likely N-dealkylation sites (N-methyl/N-ethyl adjacent to an activating group) is 1. The second kappa shape index (κ2) is 13.8. The summed E-state index contributed by atoms with van der Waals surface area (Å²) in [4.78, 5) is 25.5. The number of amides is 1. The minimum atomic E-state index is -0.120. The predicted molar refractivity (Wildman–Crippen MR) is 139 cm³/mol. The van der Waals surface area contributed by atoms with E-state index in [4.69, 9.17) is 9.73 Å². The summed E-state index contributed by atoms with van der Waals surface area (Å²) in [6, 6.07) is 13.8. The number of guanidine groups is 1. The molecule has 1 aliphatic heterocycles. The van der Waals surface area contributed by atoms with Crippen molar-refractivity contribution >= 4 is 41.7 Å². The number of carbonyl (C=O) groups excluding carboxylic acids is 1. The van der Waals surface area contributed by atoms with Crippen LogP contribution in [-0.2, 0) is 11.3 Å². The minimum absolute atomic E-state index is 0. The maximum Gasteiger partial charge on any atom is 0.257 e. The maximum absolute atomic E-state index is 11.6. The van der Waals surface area contributed by atoms with Crippen LogP contribution in [0.15, 0.2) is 53.7 Å². The van der Waals surface area contributed by atoms with Crippen LogP contribution in [0.5, 0.6) is 5.75 Å². The van der Waals surface area contributed by atoms with Gasteiger partial charge in [0.25, 0.3) is 5.91 Å². The zero-order valence-corrected chi connectivity index (χ0v) is 21.1. The van der Waals surface area contributed by atoms with Crippen LogP contribution in [0.2, 0.25) is 0 Å². The molecule has 0 radical (unpaired) electrons. The zero-order chi connectivity index (χ0) is 21.9. The fraction of sp³-hybridized carbons (Fsp3) is 0.435. The highest BCUT2D eigenvalue weighted by molar-refractivity contribution is 14.0. The quantitative estimate of drug-likeness (QED) is 0.298. The summed E-state index contributed by atoms with van der Waals surface area (Å²) < 4.78 is 5.59. The lowest BCUT2D eigenvalue weighted by Crippen LogP contribution is -2.52. The smallest absolute Gasteiger partial charge is 0.257 e. The van der Waals surface area contributed by atoms with E-state index in [1.165, 1.54) is 0 Å². The van der Waals surface area contributed by atoms with Gasteiger partial charge >= 0.3 is 0 Å². The average Bonchev–Trinajstić information content (AvgIpc) is 2.82. The van der Waals surface area contributed by atoms with Crippen molar-refractivity contribution in [3.05, 3.63) is 54.2 Å². The Morgan fingerprint density at radius 2 is 1.84 bits per heavy atom. The Morgan fingerprint density at radius 3 is 2.53 bits per heavy atom. The Kier molecular flexibility index (Phi) is 11.1. The van der Waals surface area contributed by atoms with Gasteiger partial charge in [0.15, 0.2) is 12.6 Å². The van der Waals surface area contributed by atoms with Crippen molar-refractivity contribution < 1.29 is 9.53 Å². The van der Waals surface area contributed by atoms with Crippen molar-refractivity contribution in [1.29, 1.82) is 0 Å². The number of aliphatic imine (C=N–C) groups is 1. The first kappa shape index (κ1) is 25.7. The first-order valence-corrected chi connectivity index (χ1v) is 10.9. The van der Waals surface area contributed by atoms with Gasteiger partial charge in [0.05, 0.1) is 6.54 Å². The number of hydrogen-bond donors (Lipinski definition) is 2. The molecule has 3 rings (SSSR count). The SMILES string of the molecule is CCNC(=O)COc1cccc(CN=C(NCC)N2CCN(c3ccccn3)CC2)c1.I. The first-order chi connectivity index (χ1) is 15.2. The molecule has 32 heavy (non-hydrogen) atoms. The molecule has 1 fully saturated rings. The molecule has 1 aromatic carbocycles. The second-order valence-corrected chi connectivity index (χ2v) is 7.22. The summed E-state index contributed by atoms with van der Waals surface area (Å²) in [5.41, 5.74) is 1.04. The van der Waals surface area contributed by atoms with E-state index in [0.717, 1.165) is 50.1 Å². The van der Waals surface area contributed by atoms with E-state index in [-0.39, 0.29) is 36.5 Å². The molecule has 0 saturated carbocycles. The van der Waals surface area contributed by atoms with Gasteiger partial charge in [-0.3, -0.25) is 4.79 Å². The second-order valence-electron chi connectivity index (χ2n) is 7.22. The molecule has 2 aromatic rings. The molecule has 0 unspecified atom stereocenters. The van der Waals surface area contributed by atoms with E-state index < -0.39 is 0 Å². The Morgan fingerprint density at radius 1 is 1.06 bits per heavy atom. The highest BCUT2D eigenvalue weighted by atomic mass is 127. The van der Waals surface area contributed by atoms with Gasteiger partial charge in [0.2, 0.25) is 0 Å². The van der Waals surface area contributed by atoms with Crippen LogP contribution >= 0.6 is 24.0 Å². The molecule has 2 N–H and O–H groups in total. The van der Waals surface area contributed by atoms with Crippen LogP contribution in [-0.4, -0.2) is 67.6 Å². The highest BCUT2D eigenvalue weighted by Gasteiger charge is 2.20. The number of nitrogens with zero attached hydrogens (tertiary/aromatic N) is 4. The van der Waals surface area contributed by atoms with Crippen LogP contribution < -0.4 is 20.3 Å². The monoisotopic (exact) mass is 552 g/mol. The number of pyridine rings is 1. The standard InChI is InChI=1S/C23H32N6O2.HI/c1-3-24-22(30)18-31-20-9-7-8-19(16-20)17-27-23(25-4-2)29-14-12-28(13-15-29)21-10-5-6-11-26-21;/h5-11,16H,3-4,12-15,17-18H2,1-2H3,(H,24,30)(H,25,27);1H. The third-order valence-corrected chi connectivity index (χ3v) is 4.94. The Hall–Kier alpha value is -2.56. The van der Waals surface area contributed by atoms with E-state index in [0.29, 0.717) is 18.8 Å². The molecule has 2 heterocycles. The third-order valence-electron chi connectivity index (χ3n) is 4.94. The molecule has 9 heteroatoms. The van der Waals surface area contributed by atoms with E-state index in [1.807, 2.05) is 49.5 Å². The Bertz CT molecular complexity index is 857. The number of anilines is 1. The number of piperazine rings is 1. The van der Waals surface area contributed by atoms with Crippen LogP contribution in [0, 0.1) is 0 Å². The van der Waals surface area contributed by atoms with Gasteiger partial charge in [0.1, 0.15) is 11.6 Å². The molecule has 0 bridgehead atoms. The van der Waals surface area contributed by atoms with Gasteiger partial charge in [-0.15, -0.1) is 24.0 Å². The van der Waals surface area contributed by atoms with Gasteiger partial charge in [-0.1, -0.05) is 18.2 Å². The Labute approximate surface area is 207 Å². The predicted octanol–water partition coefficient (Wildman–Crippen LogP) is 2.50. The van der Waals surface area contributed by atoms with Crippen molar-refractivity contribution in [2.75, 3.05) is 50.8 Å². The first-order valence-electron chi connectivity index (χ1n) is 10.9. The number of halogens is 1. The number of ether oxygens (including phenoxy) is 1. The number of carbonyl (C=O) groups is 1. The van der Waals surface area contributed by atoms with Gasteiger partial charge in [-0.05, 0) is 43.7 Å². The van der Waals surface area contributed by atoms with Crippen LogP contribution in [0.1, 0.15) is 19.4 Å². The summed E-state index contributed by atoms with van der Waals surface area (Å²) in [7, 11) is 0. The summed E-state index contributed by atoms with van der Waals surface area (Å²) in [5.74, 6) is 2.49. The van der Waals surface area contributed by atoms with Crippen molar-refractivity contribution in [2.45, 2.75) is 20.4 Å². The van der Waals surface area contributed by atoms with Crippen LogP contribution in [0.25, 0.3) is 0 Å². The van der Waals surface area contributed by atoms with Gasteiger partial charge in [-0.2, -0.15) is 0 Å². The molecular weight excluding hydrogens is 519 g/mol. The molecule has 0 aliphatic carbocycles. The zero-order valence-electron chi connectivity index (χ0n) is 18.8. The van der Waals surface area contributed by atoms with E-state index in [2.05, 4.69) is 38.4 Å². The summed E-state index contributed by atoms with van der Waals surface area (Å²) in [6.07, 6.45) is 1.83. The van der Waals surface area contributed by atoms with Gasteiger partial charge < -0.3 is 25.2 Å². The molecule has 1 amide bonds. The average molecular weight is 552 g/mol. The molecule has 0 atom stereocenters. The number of benzene rings is 1. The van der Waals surface area contributed by atoms with Crippen LogP contribution in [0.3, 0.4) is 0 Å². The number of hydrogen-bond acceptors (Lipinski definition) is 5. The molecule has 1 saturated heterocycles. The highest BCUT2D eigenvalue weighted by Crippen LogP contribution is 2.15. The summed E-state index contributed by atoms with van der Waals surface area (Å²) in [6.45, 7) is 9.53. The van der Waals surface area contributed by atoms with Crippen LogP contribution in [0.4, 0.5) is 5.82 Å². The van der Waals surface area contributed by atoms with E-state index in [9.17, 15) is 4.79 Å². The fourth-order valence-electron chi connectivity index (χ4n) is 3.41. The molecule has 1 aliphatic rings. The topological polar surface area (TPSA) is 82.1 Å². The normalized spacial score (nSPS) is 13.9. The van der Waals surface area contributed by atoms with Gasteiger partial charge in [0, 0.05) is 45.5 Å². The molecular formula is C23H33IN6O2. The van der Waals surface area contributed by atoms with Crippen molar-refractivity contribution in [3.8, 4) is 5.75 Å². The largest absolute Gasteiger partial charge is 0.484 e. The fourth-order valence-corrected chi connectivity index (χ4v) is 3.41. The van der Waals surface area contributed by atoms with Crippen molar-refractivity contribution in [2.24, 2.45) is 4.99 Å². The van der Waals surface area contributed by atoms with Crippen molar-refractivity contribution in [1.82, 2.24) is 20.5 Å². The lowest BCUT2D eigenvalue weighted by molar-refractivity contribution is -0.122. The maximum atomic E-state index is 11.6. The minimum Gasteiger partial charge on any atom is -0.484 e. The molecule has 174 valence electrons. The molecule has 0 spiro atoms. The summed E-state index contributed by atoms with van der Waals surface area (Å²) >= 11 is 0. The number of aromatic nitrogens is 1. The van der Waals surface area contributed by atoms with Crippen molar-refractivity contribution in [3.63, 3.8) is 0 Å². The third kappa shape index (κ3) is 7.85. The Balaban J connectivity index is 0.00000363. The van der Waals surface area contributed by atoms with E-state index in [1.54, 1.807) is 0 Å². The van der Waals surface area contributed by atoms with E-state index >= 15 is 0 Å². The lowest BCUT2D eigenvalue weighted by Gasteiger charge is -2.37.